The van der Waals surface area contributed by atoms with Crippen LogP contribution in [0.1, 0.15) is 32.1 Å². The highest BCUT2D eigenvalue weighted by Gasteiger charge is 2.62. The van der Waals surface area contributed by atoms with E-state index in [1.165, 1.54) is 12.8 Å². The maximum absolute atomic E-state index is 11.5. The Hall–Kier alpha value is -1.95. The van der Waals surface area contributed by atoms with Crippen molar-refractivity contribution < 1.29 is 14.3 Å². The zero-order valence-electron chi connectivity index (χ0n) is 15.7. The molecule has 0 saturated heterocycles. The Labute approximate surface area is 160 Å². The summed E-state index contributed by atoms with van der Waals surface area (Å²) in [7, 11) is 0. The third kappa shape index (κ3) is 3.04. The molecule has 6 atom stereocenters. The highest BCUT2D eigenvalue weighted by atomic mass is 16.6. The van der Waals surface area contributed by atoms with Crippen molar-refractivity contribution in [2.24, 2.45) is 29.4 Å². The van der Waals surface area contributed by atoms with Gasteiger partial charge in [0.05, 0.1) is 0 Å². The molecule has 4 fully saturated rings. The quantitative estimate of drug-likeness (QED) is 0.670. The molecule has 5 aliphatic rings. The van der Waals surface area contributed by atoms with E-state index < -0.39 is 0 Å². The minimum Gasteiger partial charge on any atom is -0.486 e. The van der Waals surface area contributed by atoms with Crippen molar-refractivity contribution >= 4 is 6.03 Å². The number of fused-ring (bicyclic) bond motifs is 1. The molecule has 1 heterocycles. The molecule has 1 aromatic rings. The average molecular weight is 371 g/mol. The van der Waals surface area contributed by atoms with Crippen LogP contribution in [0.15, 0.2) is 24.3 Å². The monoisotopic (exact) mass is 371 g/mol. The lowest BCUT2D eigenvalue weighted by molar-refractivity contribution is 0.0894. The Morgan fingerprint density at radius 1 is 1.22 bits per heavy atom. The van der Waals surface area contributed by atoms with Crippen molar-refractivity contribution in [1.82, 2.24) is 10.6 Å². The zero-order chi connectivity index (χ0) is 18.4. The molecule has 146 valence electrons. The van der Waals surface area contributed by atoms with Gasteiger partial charge in [0.25, 0.3) is 0 Å². The van der Waals surface area contributed by atoms with Gasteiger partial charge in [0, 0.05) is 12.1 Å². The molecule has 1 aromatic carbocycles. The molecule has 1 aliphatic heterocycles. The smallest absolute Gasteiger partial charge is 0.312 e. The standard InChI is InChI=1S/C21H29N3O3/c22-20(25)24-21-9-13-7-14(10-21)16(17(21)8-13)5-6-23-11-15-12-26-18-3-1-2-4-19(18)27-15/h1-4,13-17,23H,5-12H2,(H3,22,24,25). The maximum Gasteiger partial charge on any atom is 0.312 e. The van der Waals surface area contributed by atoms with E-state index in [1.807, 2.05) is 24.3 Å². The van der Waals surface area contributed by atoms with Crippen molar-refractivity contribution in [2.75, 3.05) is 19.7 Å². The fourth-order valence-electron chi connectivity index (χ4n) is 6.54. The van der Waals surface area contributed by atoms with Crippen molar-refractivity contribution in [1.29, 1.82) is 0 Å². The molecular weight excluding hydrogens is 342 g/mol. The average Bonchev–Trinajstić information content (AvgIpc) is 3.00. The Bertz CT molecular complexity index is 726. The Kier molecular flexibility index (Phi) is 4.19. The van der Waals surface area contributed by atoms with Gasteiger partial charge < -0.3 is 25.8 Å². The molecule has 6 rings (SSSR count). The van der Waals surface area contributed by atoms with E-state index in [1.54, 1.807) is 0 Å². The number of carbonyl (C=O) groups is 1. The molecule has 27 heavy (non-hydrogen) atoms. The van der Waals surface area contributed by atoms with Gasteiger partial charge in [-0.3, -0.25) is 0 Å². The van der Waals surface area contributed by atoms with Crippen LogP contribution in [0.2, 0.25) is 0 Å². The second kappa shape index (κ2) is 6.59. The van der Waals surface area contributed by atoms with E-state index >= 15 is 0 Å². The number of nitrogens with one attached hydrogen (secondary N) is 2. The van der Waals surface area contributed by atoms with E-state index in [-0.39, 0.29) is 17.7 Å². The molecule has 4 saturated carbocycles. The van der Waals surface area contributed by atoms with Gasteiger partial charge in [-0.05, 0) is 74.5 Å². The second-order valence-electron chi connectivity index (χ2n) is 8.91. The lowest BCUT2D eigenvalue weighted by Crippen LogP contribution is -2.51. The number of carbonyl (C=O) groups excluding carboxylic acids is 1. The summed E-state index contributed by atoms with van der Waals surface area (Å²) < 4.78 is 11.8. The maximum atomic E-state index is 11.5. The predicted molar refractivity (Wildman–Crippen MR) is 102 cm³/mol. The molecule has 6 heteroatoms. The normalized spacial score (nSPS) is 38.1. The molecule has 2 amide bonds. The van der Waals surface area contributed by atoms with Crippen molar-refractivity contribution in [3.63, 3.8) is 0 Å². The van der Waals surface area contributed by atoms with Crippen LogP contribution >= 0.6 is 0 Å². The van der Waals surface area contributed by atoms with E-state index in [4.69, 9.17) is 15.2 Å². The van der Waals surface area contributed by atoms with Gasteiger partial charge in [0.15, 0.2) is 11.5 Å². The van der Waals surface area contributed by atoms with Crippen LogP contribution in [-0.4, -0.2) is 37.4 Å². The van der Waals surface area contributed by atoms with E-state index in [2.05, 4.69) is 10.6 Å². The van der Waals surface area contributed by atoms with Crippen molar-refractivity contribution in [3.05, 3.63) is 24.3 Å². The molecule has 4 bridgehead atoms. The topological polar surface area (TPSA) is 85.6 Å². The molecule has 0 radical (unpaired) electrons. The fourth-order valence-corrected chi connectivity index (χ4v) is 6.54. The largest absolute Gasteiger partial charge is 0.486 e. The molecule has 6 nitrogen and oxygen atoms in total. The van der Waals surface area contributed by atoms with Gasteiger partial charge in [-0.15, -0.1) is 0 Å². The van der Waals surface area contributed by atoms with Crippen LogP contribution in [-0.2, 0) is 0 Å². The highest BCUT2D eigenvalue weighted by molar-refractivity contribution is 5.73. The van der Waals surface area contributed by atoms with Crippen molar-refractivity contribution in [3.8, 4) is 11.5 Å². The second-order valence-corrected chi connectivity index (χ2v) is 8.91. The number of rotatable bonds is 6. The van der Waals surface area contributed by atoms with E-state index in [9.17, 15) is 4.79 Å². The minimum absolute atomic E-state index is 0.00584. The number of benzene rings is 1. The molecule has 4 N–H and O–H groups in total. The van der Waals surface area contributed by atoms with Crippen LogP contribution in [0.4, 0.5) is 4.79 Å². The van der Waals surface area contributed by atoms with Gasteiger partial charge in [0.1, 0.15) is 12.7 Å². The molecule has 0 aromatic heterocycles. The number of hydrogen-bond donors (Lipinski definition) is 3. The van der Waals surface area contributed by atoms with Crippen LogP contribution in [0, 0.1) is 23.7 Å². The SMILES string of the molecule is NC(=O)NC12CC3CC(C1)C(CCNCC1COc4ccccc4O1)C2C3. The first-order valence-corrected chi connectivity index (χ1v) is 10.3. The summed E-state index contributed by atoms with van der Waals surface area (Å²) in [5.74, 6) is 4.51. The first-order chi connectivity index (χ1) is 13.1. The summed E-state index contributed by atoms with van der Waals surface area (Å²) in [6.45, 7) is 2.37. The van der Waals surface area contributed by atoms with Crippen LogP contribution in [0.25, 0.3) is 0 Å². The number of nitrogens with two attached hydrogens (primary N) is 1. The summed E-state index contributed by atoms with van der Waals surface area (Å²) in [6.07, 6.45) is 6.07. The number of urea groups is 1. The van der Waals surface area contributed by atoms with Crippen LogP contribution in [0.5, 0.6) is 11.5 Å². The van der Waals surface area contributed by atoms with Gasteiger partial charge in [0.2, 0.25) is 0 Å². The van der Waals surface area contributed by atoms with Crippen LogP contribution < -0.4 is 25.8 Å². The summed E-state index contributed by atoms with van der Waals surface area (Å²) in [5, 5.41) is 6.71. The molecule has 0 spiro atoms. The van der Waals surface area contributed by atoms with Gasteiger partial charge >= 0.3 is 6.03 Å². The first kappa shape index (κ1) is 17.2. The molecule has 4 aliphatic carbocycles. The third-order valence-electron chi connectivity index (χ3n) is 7.30. The number of primary amides is 1. The number of para-hydroxylation sites is 2. The predicted octanol–water partition coefficient (Wildman–Crippen LogP) is 2.28. The minimum atomic E-state index is -0.352. The Morgan fingerprint density at radius 3 is 2.93 bits per heavy atom. The lowest BCUT2D eigenvalue weighted by atomic mass is 9.74. The summed E-state index contributed by atoms with van der Waals surface area (Å²) in [5.41, 5.74) is 5.47. The molecular formula is C21H29N3O3. The summed E-state index contributed by atoms with van der Waals surface area (Å²) >= 11 is 0. The van der Waals surface area contributed by atoms with E-state index in [0.29, 0.717) is 18.4 Å². The number of hydrogen-bond acceptors (Lipinski definition) is 4. The first-order valence-electron chi connectivity index (χ1n) is 10.3. The third-order valence-corrected chi connectivity index (χ3v) is 7.30. The van der Waals surface area contributed by atoms with Gasteiger partial charge in [-0.1, -0.05) is 12.1 Å². The number of amides is 2. The van der Waals surface area contributed by atoms with Gasteiger partial charge in [-0.2, -0.15) is 0 Å². The summed E-state index contributed by atoms with van der Waals surface area (Å²) in [6, 6.07) is 7.48. The zero-order valence-corrected chi connectivity index (χ0v) is 15.7. The van der Waals surface area contributed by atoms with E-state index in [0.717, 1.165) is 55.7 Å². The highest BCUT2D eigenvalue weighted by Crippen LogP contribution is 2.63. The van der Waals surface area contributed by atoms with Crippen LogP contribution in [0.3, 0.4) is 0 Å². The lowest BCUT2D eigenvalue weighted by Gasteiger charge is -2.33. The molecule has 6 unspecified atom stereocenters. The van der Waals surface area contributed by atoms with Gasteiger partial charge in [-0.25, -0.2) is 4.79 Å². The van der Waals surface area contributed by atoms with Crippen molar-refractivity contribution in [2.45, 2.75) is 43.7 Å². The summed E-state index contributed by atoms with van der Waals surface area (Å²) in [4.78, 5) is 11.5. The Balaban J connectivity index is 1.12. The number of ether oxygens (including phenoxy) is 2. The fraction of sp³-hybridized carbons (Fsp3) is 0.667. The Morgan fingerprint density at radius 2 is 2.07 bits per heavy atom.